The second-order valence-corrected chi connectivity index (χ2v) is 9.36. The van der Waals surface area contributed by atoms with Gasteiger partial charge in [-0.1, -0.05) is 6.07 Å². The van der Waals surface area contributed by atoms with E-state index in [-0.39, 0.29) is 21.8 Å². The van der Waals surface area contributed by atoms with E-state index in [2.05, 4.69) is 10.0 Å². The monoisotopic (exact) mass is 377 g/mol. The smallest absolute Gasteiger partial charge is 0.240 e. The Labute approximate surface area is 142 Å². The highest BCUT2D eigenvalue weighted by Crippen LogP contribution is 2.29. The van der Waals surface area contributed by atoms with Crippen LogP contribution in [0.25, 0.3) is 0 Å². The Morgan fingerprint density at radius 3 is 2.42 bits per heavy atom. The summed E-state index contributed by atoms with van der Waals surface area (Å²) >= 11 is 0. The average molecular weight is 377 g/mol. The third-order valence-electron chi connectivity index (χ3n) is 4.20. The van der Waals surface area contributed by atoms with Crippen molar-refractivity contribution >= 4 is 20.0 Å². The molecule has 0 bridgehead atoms. The summed E-state index contributed by atoms with van der Waals surface area (Å²) in [6, 6.07) is 5.00. The fourth-order valence-corrected chi connectivity index (χ4v) is 4.62. The maximum Gasteiger partial charge on any atom is 0.240 e. The van der Waals surface area contributed by atoms with E-state index in [1.54, 1.807) is 7.11 Å². The molecule has 0 aromatic heterocycles. The Kier molecular flexibility index (Phi) is 6.00. The van der Waals surface area contributed by atoms with Crippen LogP contribution in [0.3, 0.4) is 0 Å². The number of hydrogen-bond donors (Lipinski definition) is 3. The van der Waals surface area contributed by atoms with Crippen LogP contribution in [0, 0.1) is 5.41 Å². The van der Waals surface area contributed by atoms with Crippen molar-refractivity contribution in [1.29, 1.82) is 0 Å². The van der Waals surface area contributed by atoms with Crippen molar-refractivity contribution in [1.82, 2.24) is 10.0 Å². The molecule has 0 aliphatic carbocycles. The van der Waals surface area contributed by atoms with Gasteiger partial charge in [0, 0.05) is 19.1 Å². The minimum atomic E-state index is -3.96. The lowest BCUT2D eigenvalue weighted by Crippen LogP contribution is -2.47. The number of primary sulfonamides is 1. The first kappa shape index (κ1) is 19.3. The van der Waals surface area contributed by atoms with Gasteiger partial charge in [0.1, 0.15) is 0 Å². The van der Waals surface area contributed by atoms with Gasteiger partial charge in [0.25, 0.3) is 0 Å². The molecule has 1 aromatic rings. The number of sulfonamides is 2. The third-order valence-corrected chi connectivity index (χ3v) is 6.51. The zero-order chi connectivity index (χ0) is 17.8. The van der Waals surface area contributed by atoms with Crippen molar-refractivity contribution in [2.24, 2.45) is 10.6 Å². The molecule has 1 aromatic carbocycles. The molecule has 1 saturated heterocycles. The Bertz CT molecular complexity index is 766. The molecule has 136 valence electrons. The number of methoxy groups -OCH3 is 1. The van der Waals surface area contributed by atoms with E-state index in [9.17, 15) is 16.8 Å². The number of benzene rings is 1. The van der Waals surface area contributed by atoms with Crippen LogP contribution in [0.2, 0.25) is 0 Å². The zero-order valence-corrected chi connectivity index (χ0v) is 15.1. The highest BCUT2D eigenvalue weighted by molar-refractivity contribution is 7.90. The number of piperidine rings is 1. The molecule has 0 amide bonds. The van der Waals surface area contributed by atoms with E-state index in [1.807, 2.05) is 0 Å². The maximum absolute atomic E-state index is 12.5. The fraction of sp³-hybridized carbons (Fsp3) is 0.571. The second-order valence-electron chi connectivity index (χ2n) is 6.03. The molecule has 10 heteroatoms. The molecule has 2 rings (SSSR count). The van der Waals surface area contributed by atoms with Crippen molar-refractivity contribution < 1.29 is 21.6 Å². The summed E-state index contributed by atoms with van der Waals surface area (Å²) in [4.78, 5) is -0.366. The van der Waals surface area contributed by atoms with Crippen molar-refractivity contribution in [3.05, 3.63) is 24.3 Å². The predicted molar refractivity (Wildman–Crippen MR) is 89.4 cm³/mol. The van der Waals surface area contributed by atoms with Gasteiger partial charge in [-0.25, -0.2) is 26.7 Å². The van der Waals surface area contributed by atoms with Crippen molar-refractivity contribution in [3.63, 3.8) is 0 Å². The minimum Gasteiger partial charge on any atom is -0.384 e. The normalized spacial score (nSPS) is 18.4. The molecule has 0 unspecified atom stereocenters. The number of ether oxygens (including phenoxy) is 1. The summed E-state index contributed by atoms with van der Waals surface area (Å²) in [7, 11) is -6.22. The lowest BCUT2D eigenvalue weighted by molar-refractivity contribution is 0.0577. The topological polar surface area (TPSA) is 128 Å². The summed E-state index contributed by atoms with van der Waals surface area (Å²) in [5.74, 6) is 0. The van der Waals surface area contributed by atoms with Gasteiger partial charge in [0.15, 0.2) is 0 Å². The fourth-order valence-electron chi connectivity index (χ4n) is 2.79. The summed E-state index contributed by atoms with van der Waals surface area (Å²) in [5, 5.41) is 8.29. The highest BCUT2D eigenvalue weighted by Gasteiger charge is 2.33. The van der Waals surface area contributed by atoms with E-state index < -0.39 is 20.0 Å². The van der Waals surface area contributed by atoms with E-state index >= 15 is 0 Å². The summed E-state index contributed by atoms with van der Waals surface area (Å²) in [6.45, 7) is 2.27. The molecule has 0 atom stereocenters. The van der Waals surface area contributed by atoms with Crippen LogP contribution in [0.4, 0.5) is 0 Å². The van der Waals surface area contributed by atoms with Gasteiger partial charge in [0.05, 0.1) is 16.4 Å². The van der Waals surface area contributed by atoms with E-state index in [1.165, 1.54) is 18.2 Å². The van der Waals surface area contributed by atoms with Gasteiger partial charge in [-0.05, 0) is 44.1 Å². The van der Waals surface area contributed by atoms with Crippen LogP contribution in [0.1, 0.15) is 12.8 Å². The first-order valence-corrected chi connectivity index (χ1v) is 10.5. The summed E-state index contributed by atoms with van der Waals surface area (Å²) < 4.78 is 55.6. The average Bonchev–Trinajstić information content (AvgIpc) is 2.54. The highest BCUT2D eigenvalue weighted by atomic mass is 32.2. The zero-order valence-electron chi connectivity index (χ0n) is 13.5. The molecule has 1 aliphatic heterocycles. The molecule has 0 radical (unpaired) electrons. The van der Waals surface area contributed by atoms with E-state index in [0.29, 0.717) is 6.61 Å². The molecule has 1 aliphatic rings. The lowest BCUT2D eigenvalue weighted by Gasteiger charge is -2.37. The quantitative estimate of drug-likeness (QED) is 0.595. The van der Waals surface area contributed by atoms with Crippen LogP contribution in [-0.2, 0) is 24.8 Å². The number of hydrogen-bond acceptors (Lipinski definition) is 6. The first-order valence-electron chi connectivity index (χ1n) is 7.51. The Morgan fingerprint density at radius 2 is 1.83 bits per heavy atom. The minimum absolute atomic E-state index is 0.129. The molecular weight excluding hydrogens is 354 g/mol. The van der Waals surface area contributed by atoms with Crippen LogP contribution < -0.4 is 15.2 Å². The number of nitrogens with one attached hydrogen (secondary N) is 2. The van der Waals surface area contributed by atoms with Crippen LogP contribution in [0.15, 0.2) is 34.1 Å². The summed E-state index contributed by atoms with van der Waals surface area (Å²) in [6.07, 6.45) is 1.58. The van der Waals surface area contributed by atoms with Gasteiger partial charge in [0.2, 0.25) is 20.0 Å². The van der Waals surface area contributed by atoms with Gasteiger partial charge in [-0.15, -0.1) is 0 Å². The van der Waals surface area contributed by atoms with Crippen LogP contribution >= 0.6 is 0 Å². The number of rotatable bonds is 7. The van der Waals surface area contributed by atoms with Gasteiger partial charge in [-0.2, -0.15) is 0 Å². The molecule has 4 N–H and O–H groups in total. The van der Waals surface area contributed by atoms with Crippen molar-refractivity contribution in [2.45, 2.75) is 22.6 Å². The largest absolute Gasteiger partial charge is 0.384 e. The molecule has 0 saturated carbocycles. The van der Waals surface area contributed by atoms with Gasteiger partial charge < -0.3 is 10.1 Å². The van der Waals surface area contributed by atoms with Crippen molar-refractivity contribution in [3.8, 4) is 0 Å². The maximum atomic E-state index is 12.5. The molecule has 1 heterocycles. The van der Waals surface area contributed by atoms with Crippen LogP contribution in [0.5, 0.6) is 0 Å². The molecule has 0 spiro atoms. The molecule has 8 nitrogen and oxygen atoms in total. The SMILES string of the molecule is COCC1(CNS(=O)(=O)c2cccc(S(N)(=O)=O)c2)CCNCC1. The Hall–Kier alpha value is -1.04. The standard InChI is InChI=1S/C14H23N3O5S2/c1-22-11-14(5-7-16-8-6-14)10-17-24(20,21)13-4-2-3-12(9-13)23(15,18)19/h2-4,9,16-17H,5-8,10-11H2,1H3,(H2,15,18,19). The molecule has 1 fully saturated rings. The first-order chi connectivity index (χ1) is 11.2. The Balaban J connectivity index is 2.19. The number of nitrogens with two attached hydrogens (primary N) is 1. The second kappa shape index (κ2) is 7.46. The third kappa shape index (κ3) is 4.74. The predicted octanol–water partition coefficient (Wildman–Crippen LogP) is -0.371. The van der Waals surface area contributed by atoms with E-state index in [4.69, 9.17) is 9.88 Å². The van der Waals surface area contributed by atoms with Gasteiger partial charge in [-0.3, -0.25) is 0 Å². The van der Waals surface area contributed by atoms with Crippen LogP contribution in [-0.4, -0.2) is 50.2 Å². The van der Waals surface area contributed by atoms with E-state index in [0.717, 1.165) is 32.0 Å². The lowest BCUT2D eigenvalue weighted by atomic mass is 9.80. The Morgan fingerprint density at radius 1 is 1.21 bits per heavy atom. The van der Waals surface area contributed by atoms with Crippen molar-refractivity contribution in [2.75, 3.05) is 33.4 Å². The molecular formula is C14H23N3O5S2. The van der Waals surface area contributed by atoms with Gasteiger partial charge >= 0.3 is 0 Å². The summed E-state index contributed by atoms with van der Waals surface area (Å²) in [5.41, 5.74) is -0.273. The molecule has 24 heavy (non-hydrogen) atoms.